The molecule has 0 aliphatic rings. The van der Waals surface area contributed by atoms with E-state index in [1.807, 2.05) is 20.8 Å². The van der Waals surface area contributed by atoms with Crippen LogP contribution in [-0.4, -0.2) is 14.3 Å². The van der Waals surface area contributed by atoms with Crippen molar-refractivity contribution >= 4 is 6.20 Å². The van der Waals surface area contributed by atoms with Crippen LogP contribution in [0.25, 0.3) is 6.20 Å². The Bertz CT molecular complexity index is 332. The van der Waals surface area contributed by atoms with Crippen molar-refractivity contribution in [1.29, 1.82) is 0 Å². The van der Waals surface area contributed by atoms with Crippen LogP contribution in [0.1, 0.15) is 26.8 Å². The predicted octanol–water partition coefficient (Wildman–Crippen LogP) is 1.12. The van der Waals surface area contributed by atoms with Gasteiger partial charge >= 0.3 is 5.69 Å². The average molecular weight is 167 g/mol. The molecule has 4 nitrogen and oxygen atoms in total. The quantitative estimate of drug-likeness (QED) is 0.662. The van der Waals surface area contributed by atoms with Crippen LogP contribution in [-0.2, 0) is 0 Å². The van der Waals surface area contributed by atoms with Crippen LogP contribution in [0.3, 0.4) is 0 Å². The highest BCUT2D eigenvalue weighted by Gasteiger charge is 2.04. The zero-order valence-electron chi connectivity index (χ0n) is 7.56. The molecule has 0 spiro atoms. The molecule has 0 bridgehead atoms. The van der Waals surface area contributed by atoms with Gasteiger partial charge in [-0.15, -0.1) is 0 Å². The van der Waals surface area contributed by atoms with Gasteiger partial charge in [0.05, 0.1) is 0 Å². The summed E-state index contributed by atoms with van der Waals surface area (Å²) in [6.45, 7) is 5.74. The molecule has 4 heteroatoms. The fourth-order valence-corrected chi connectivity index (χ4v) is 0.926. The third kappa shape index (κ3) is 1.47. The van der Waals surface area contributed by atoms with Crippen molar-refractivity contribution in [3.63, 3.8) is 0 Å². The maximum absolute atomic E-state index is 11.4. The van der Waals surface area contributed by atoms with E-state index in [2.05, 4.69) is 5.10 Å². The fourth-order valence-electron chi connectivity index (χ4n) is 0.926. The van der Waals surface area contributed by atoms with Crippen LogP contribution in [0.5, 0.6) is 0 Å². The summed E-state index contributed by atoms with van der Waals surface area (Å²) < 4.78 is 2.90. The Morgan fingerprint density at radius 1 is 1.58 bits per heavy atom. The lowest BCUT2D eigenvalue weighted by molar-refractivity contribution is 0.575. The zero-order valence-corrected chi connectivity index (χ0v) is 7.56. The van der Waals surface area contributed by atoms with Crippen molar-refractivity contribution in [2.75, 3.05) is 0 Å². The summed E-state index contributed by atoms with van der Waals surface area (Å²) in [5, 5.41) is 3.91. The van der Waals surface area contributed by atoms with Gasteiger partial charge < -0.3 is 0 Å². The summed E-state index contributed by atoms with van der Waals surface area (Å²) in [5.41, 5.74) is -0.0944. The van der Waals surface area contributed by atoms with Crippen molar-refractivity contribution in [2.45, 2.75) is 26.8 Å². The summed E-state index contributed by atoms with van der Waals surface area (Å²) in [6, 6.07) is 0.163. The minimum atomic E-state index is -0.0944. The molecule has 1 aromatic heterocycles. The van der Waals surface area contributed by atoms with Gasteiger partial charge in [-0.3, -0.25) is 4.57 Å². The third-order valence-electron chi connectivity index (χ3n) is 1.56. The lowest BCUT2D eigenvalue weighted by atomic mass is 10.4. The molecular formula is C8H13N3O. The van der Waals surface area contributed by atoms with Gasteiger partial charge in [0.1, 0.15) is 6.33 Å². The predicted molar refractivity (Wildman–Crippen MR) is 47.9 cm³/mol. The topological polar surface area (TPSA) is 39.8 Å². The Hall–Kier alpha value is -1.32. The number of hydrogen-bond donors (Lipinski definition) is 0. The molecule has 0 fully saturated rings. The number of nitrogens with zero attached hydrogens (tertiary/aromatic N) is 3. The number of aromatic nitrogens is 3. The molecule has 0 amide bonds. The highest BCUT2D eigenvalue weighted by atomic mass is 16.2. The normalized spacial score (nSPS) is 11.7. The molecule has 0 aromatic carbocycles. The van der Waals surface area contributed by atoms with Crippen LogP contribution < -0.4 is 5.69 Å². The molecule has 1 aromatic rings. The average Bonchev–Trinajstić information content (AvgIpc) is 2.34. The molecule has 0 unspecified atom stereocenters. The van der Waals surface area contributed by atoms with Crippen LogP contribution in [0.4, 0.5) is 0 Å². The summed E-state index contributed by atoms with van der Waals surface area (Å²) in [7, 11) is 0. The largest absolute Gasteiger partial charge is 0.350 e. The Morgan fingerprint density at radius 2 is 2.25 bits per heavy atom. The van der Waals surface area contributed by atoms with Gasteiger partial charge in [-0.25, -0.2) is 4.79 Å². The smallest absolute Gasteiger partial charge is 0.279 e. The van der Waals surface area contributed by atoms with Gasteiger partial charge in [0.25, 0.3) is 0 Å². The minimum absolute atomic E-state index is 0.0944. The summed E-state index contributed by atoms with van der Waals surface area (Å²) in [5.74, 6) is 0. The second-order valence-corrected chi connectivity index (χ2v) is 2.84. The molecule has 0 saturated heterocycles. The highest BCUT2D eigenvalue weighted by Crippen LogP contribution is 1.96. The first-order valence-electron chi connectivity index (χ1n) is 3.95. The first kappa shape index (κ1) is 8.77. The van der Waals surface area contributed by atoms with Gasteiger partial charge in [-0.1, -0.05) is 6.08 Å². The van der Waals surface area contributed by atoms with Crippen molar-refractivity contribution in [3.8, 4) is 0 Å². The van der Waals surface area contributed by atoms with Gasteiger partial charge in [0, 0.05) is 12.2 Å². The molecule has 0 aliphatic carbocycles. The SMILES string of the molecule is C/C=C\n1ncn(C(C)C)c1=O. The van der Waals surface area contributed by atoms with E-state index < -0.39 is 0 Å². The Kier molecular flexibility index (Phi) is 2.47. The van der Waals surface area contributed by atoms with Crippen molar-refractivity contribution in [1.82, 2.24) is 14.3 Å². The van der Waals surface area contributed by atoms with Crippen LogP contribution in [0.15, 0.2) is 17.2 Å². The number of allylic oxidation sites excluding steroid dienone is 1. The standard InChI is InChI=1S/C8H13N3O/c1-4-5-11-8(12)10(6-9-11)7(2)3/h4-7H,1-3H3/b5-4-. The zero-order chi connectivity index (χ0) is 9.14. The summed E-state index contributed by atoms with van der Waals surface area (Å²) >= 11 is 0. The maximum atomic E-state index is 11.4. The Balaban J connectivity index is 3.14. The molecule has 0 N–H and O–H groups in total. The summed E-state index contributed by atoms with van der Waals surface area (Å²) in [4.78, 5) is 11.4. The van der Waals surface area contributed by atoms with Gasteiger partial charge in [0.15, 0.2) is 0 Å². The lowest BCUT2D eigenvalue weighted by Gasteiger charge is -2.01. The maximum Gasteiger partial charge on any atom is 0.350 e. The number of rotatable bonds is 2. The highest BCUT2D eigenvalue weighted by molar-refractivity contribution is 5.16. The van der Waals surface area contributed by atoms with Crippen LogP contribution in [0.2, 0.25) is 0 Å². The van der Waals surface area contributed by atoms with E-state index in [1.165, 1.54) is 4.68 Å². The van der Waals surface area contributed by atoms with E-state index in [9.17, 15) is 4.79 Å². The first-order valence-corrected chi connectivity index (χ1v) is 3.95. The Labute approximate surface area is 71.1 Å². The molecule has 1 rings (SSSR count). The molecule has 0 radical (unpaired) electrons. The first-order chi connectivity index (χ1) is 5.66. The van der Waals surface area contributed by atoms with Crippen LogP contribution in [0, 0.1) is 0 Å². The molecule has 0 saturated carbocycles. The molecule has 1 heterocycles. The van der Waals surface area contributed by atoms with Crippen LogP contribution >= 0.6 is 0 Å². The summed E-state index contributed by atoms with van der Waals surface area (Å²) in [6.07, 6.45) is 4.97. The lowest BCUT2D eigenvalue weighted by Crippen LogP contribution is -2.23. The molecular weight excluding hydrogens is 154 g/mol. The van der Waals surface area contributed by atoms with E-state index in [0.717, 1.165) is 0 Å². The van der Waals surface area contributed by atoms with Gasteiger partial charge in [-0.05, 0) is 20.8 Å². The van der Waals surface area contributed by atoms with Gasteiger partial charge in [0.2, 0.25) is 0 Å². The van der Waals surface area contributed by atoms with E-state index in [0.29, 0.717) is 0 Å². The fraction of sp³-hybridized carbons (Fsp3) is 0.500. The monoisotopic (exact) mass is 167 g/mol. The van der Waals surface area contributed by atoms with E-state index in [1.54, 1.807) is 23.2 Å². The molecule has 12 heavy (non-hydrogen) atoms. The van der Waals surface area contributed by atoms with Crippen molar-refractivity contribution < 1.29 is 0 Å². The van der Waals surface area contributed by atoms with Gasteiger partial charge in [-0.2, -0.15) is 9.78 Å². The van der Waals surface area contributed by atoms with E-state index in [4.69, 9.17) is 0 Å². The Morgan fingerprint density at radius 3 is 2.67 bits per heavy atom. The third-order valence-corrected chi connectivity index (χ3v) is 1.56. The second kappa shape index (κ2) is 3.38. The van der Waals surface area contributed by atoms with Crippen molar-refractivity contribution in [3.05, 3.63) is 22.9 Å². The molecule has 66 valence electrons. The number of hydrogen-bond acceptors (Lipinski definition) is 2. The van der Waals surface area contributed by atoms with E-state index >= 15 is 0 Å². The second-order valence-electron chi connectivity index (χ2n) is 2.84. The van der Waals surface area contributed by atoms with E-state index in [-0.39, 0.29) is 11.7 Å². The minimum Gasteiger partial charge on any atom is -0.279 e. The molecule has 0 aliphatic heterocycles. The molecule has 0 atom stereocenters. The van der Waals surface area contributed by atoms with Crippen molar-refractivity contribution in [2.24, 2.45) is 0 Å².